The molecule has 0 spiro atoms. The van der Waals surface area contributed by atoms with Gasteiger partial charge in [-0.05, 0) is 30.2 Å². The van der Waals surface area contributed by atoms with Gasteiger partial charge in [0.15, 0.2) is 0 Å². The second kappa shape index (κ2) is 11.7. The maximum Gasteiger partial charge on any atom is 0.243 e. The van der Waals surface area contributed by atoms with Gasteiger partial charge < -0.3 is 15.5 Å². The van der Waals surface area contributed by atoms with Crippen molar-refractivity contribution in [3.05, 3.63) is 64.7 Å². The van der Waals surface area contributed by atoms with Crippen LogP contribution in [0.2, 0.25) is 5.02 Å². The summed E-state index contributed by atoms with van der Waals surface area (Å²) in [5.74, 6) is -0.749. The highest BCUT2D eigenvalue weighted by Crippen LogP contribution is 2.21. The molecule has 2 heterocycles. The Morgan fingerprint density at radius 2 is 1.74 bits per heavy atom. The predicted molar refractivity (Wildman–Crippen MR) is 136 cm³/mol. The van der Waals surface area contributed by atoms with Crippen molar-refractivity contribution in [2.45, 2.75) is 25.9 Å². The monoisotopic (exact) mass is 497 g/mol. The zero-order chi connectivity index (χ0) is 24.8. The number of hydrogen-bond acceptors (Lipinski definition) is 5. The number of halogens is 1. The van der Waals surface area contributed by atoms with Crippen LogP contribution >= 0.6 is 11.6 Å². The highest BCUT2D eigenvalue weighted by molar-refractivity contribution is 6.31. The molecule has 0 saturated carbocycles. The maximum atomic E-state index is 13.2. The van der Waals surface area contributed by atoms with Crippen LogP contribution in [0.4, 0.5) is 5.69 Å². The summed E-state index contributed by atoms with van der Waals surface area (Å²) in [5, 5.41) is 6.12. The van der Waals surface area contributed by atoms with Gasteiger partial charge in [0, 0.05) is 56.5 Å². The minimum absolute atomic E-state index is 0.103. The van der Waals surface area contributed by atoms with Crippen LogP contribution in [0.3, 0.4) is 0 Å². The van der Waals surface area contributed by atoms with Crippen molar-refractivity contribution in [2.24, 2.45) is 0 Å². The zero-order valence-corrected chi connectivity index (χ0v) is 20.8. The molecule has 4 rings (SSSR count). The van der Waals surface area contributed by atoms with E-state index in [2.05, 4.69) is 32.6 Å². The summed E-state index contributed by atoms with van der Waals surface area (Å²) >= 11 is 6.14. The van der Waals surface area contributed by atoms with Crippen molar-refractivity contribution in [2.75, 3.05) is 51.1 Å². The maximum absolute atomic E-state index is 13.2. The highest BCUT2D eigenvalue weighted by Gasteiger charge is 2.35. The minimum Gasteiger partial charge on any atom is -0.353 e. The molecule has 186 valence electrons. The SMILES string of the molecule is Cc1ccc(NC(=O)C[C@@H]2C(=O)NCCN2C(=O)CN2CCN(Cc3ccccc3)CC2)cc1Cl. The average Bonchev–Trinajstić information content (AvgIpc) is 2.84. The van der Waals surface area contributed by atoms with Gasteiger partial charge in [0.25, 0.3) is 0 Å². The first-order valence-corrected chi connectivity index (χ1v) is 12.4. The van der Waals surface area contributed by atoms with E-state index in [-0.39, 0.29) is 30.7 Å². The molecule has 0 radical (unpaired) electrons. The Hall–Kier alpha value is -2.94. The van der Waals surface area contributed by atoms with E-state index < -0.39 is 6.04 Å². The number of nitrogens with one attached hydrogen (secondary N) is 2. The van der Waals surface area contributed by atoms with Crippen LogP contribution in [0.15, 0.2) is 48.5 Å². The molecule has 2 saturated heterocycles. The molecule has 2 N–H and O–H groups in total. The van der Waals surface area contributed by atoms with Gasteiger partial charge in [0.1, 0.15) is 6.04 Å². The number of rotatable bonds is 7. The standard InChI is InChI=1S/C26H32ClN5O3/c1-19-7-8-21(15-22(19)27)29-24(33)16-23-26(35)28-9-10-32(23)25(34)18-31-13-11-30(12-14-31)17-20-5-3-2-4-6-20/h2-8,15,23H,9-14,16-18H2,1H3,(H,28,35)(H,29,33)/t23-/m1/s1. The first-order chi connectivity index (χ1) is 16.9. The van der Waals surface area contributed by atoms with Crippen molar-refractivity contribution in [3.8, 4) is 0 Å². The van der Waals surface area contributed by atoms with Gasteiger partial charge in [-0.15, -0.1) is 0 Å². The normalized spacial score (nSPS) is 19.3. The van der Waals surface area contributed by atoms with Crippen LogP contribution in [0.5, 0.6) is 0 Å². The number of amides is 3. The van der Waals surface area contributed by atoms with Gasteiger partial charge in [0.2, 0.25) is 17.7 Å². The van der Waals surface area contributed by atoms with Gasteiger partial charge in [-0.2, -0.15) is 0 Å². The quantitative estimate of drug-likeness (QED) is 0.612. The lowest BCUT2D eigenvalue weighted by molar-refractivity contribution is -0.145. The number of piperazine rings is 2. The number of benzene rings is 2. The third-order valence-corrected chi connectivity index (χ3v) is 6.97. The molecular formula is C26H32ClN5O3. The smallest absolute Gasteiger partial charge is 0.243 e. The molecule has 2 aromatic rings. The third kappa shape index (κ3) is 6.81. The summed E-state index contributed by atoms with van der Waals surface area (Å²) in [5.41, 5.74) is 2.76. The lowest BCUT2D eigenvalue weighted by atomic mass is 10.1. The summed E-state index contributed by atoms with van der Waals surface area (Å²) in [6.07, 6.45) is -0.103. The molecule has 1 atom stereocenters. The summed E-state index contributed by atoms with van der Waals surface area (Å²) < 4.78 is 0. The van der Waals surface area contributed by atoms with E-state index in [1.165, 1.54) is 5.56 Å². The molecule has 35 heavy (non-hydrogen) atoms. The number of anilines is 1. The van der Waals surface area contributed by atoms with E-state index in [4.69, 9.17) is 11.6 Å². The van der Waals surface area contributed by atoms with Gasteiger partial charge in [-0.25, -0.2) is 0 Å². The molecule has 0 bridgehead atoms. The first kappa shape index (κ1) is 25.2. The van der Waals surface area contributed by atoms with Crippen molar-refractivity contribution in [1.29, 1.82) is 0 Å². The van der Waals surface area contributed by atoms with E-state index in [1.807, 2.05) is 31.2 Å². The van der Waals surface area contributed by atoms with Crippen LogP contribution < -0.4 is 10.6 Å². The fraction of sp³-hybridized carbons (Fsp3) is 0.423. The largest absolute Gasteiger partial charge is 0.353 e. The molecule has 2 aromatic carbocycles. The Balaban J connectivity index is 1.30. The Morgan fingerprint density at radius 1 is 1.03 bits per heavy atom. The fourth-order valence-electron chi connectivity index (χ4n) is 4.50. The zero-order valence-electron chi connectivity index (χ0n) is 20.0. The number of hydrogen-bond donors (Lipinski definition) is 2. The van der Waals surface area contributed by atoms with Gasteiger partial charge in [-0.3, -0.25) is 24.2 Å². The summed E-state index contributed by atoms with van der Waals surface area (Å²) in [6.45, 7) is 7.16. The highest BCUT2D eigenvalue weighted by atomic mass is 35.5. The average molecular weight is 498 g/mol. The Kier molecular flexibility index (Phi) is 8.38. The van der Waals surface area contributed by atoms with Gasteiger partial charge in [-0.1, -0.05) is 48.0 Å². The molecule has 2 aliphatic heterocycles. The number of nitrogens with zero attached hydrogens (tertiary/aromatic N) is 3. The van der Waals surface area contributed by atoms with Crippen LogP contribution in [0.25, 0.3) is 0 Å². The van der Waals surface area contributed by atoms with Crippen molar-refractivity contribution in [3.63, 3.8) is 0 Å². The lowest BCUT2D eigenvalue weighted by Crippen LogP contribution is -2.60. The summed E-state index contributed by atoms with van der Waals surface area (Å²) in [6, 6.07) is 14.8. The van der Waals surface area contributed by atoms with Crippen LogP contribution in [0, 0.1) is 6.92 Å². The van der Waals surface area contributed by atoms with Crippen LogP contribution in [0.1, 0.15) is 17.5 Å². The Morgan fingerprint density at radius 3 is 2.46 bits per heavy atom. The molecular weight excluding hydrogens is 466 g/mol. The predicted octanol–water partition coefficient (Wildman–Crippen LogP) is 2.12. The van der Waals surface area contributed by atoms with E-state index in [9.17, 15) is 14.4 Å². The summed E-state index contributed by atoms with van der Waals surface area (Å²) in [7, 11) is 0. The molecule has 8 nitrogen and oxygen atoms in total. The molecule has 0 aliphatic carbocycles. The molecule has 2 aliphatic rings. The van der Waals surface area contributed by atoms with E-state index in [1.54, 1.807) is 17.0 Å². The van der Waals surface area contributed by atoms with E-state index in [0.29, 0.717) is 23.8 Å². The van der Waals surface area contributed by atoms with Crippen molar-refractivity contribution in [1.82, 2.24) is 20.0 Å². The number of aryl methyl sites for hydroxylation is 1. The minimum atomic E-state index is -0.823. The fourth-order valence-corrected chi connectivity index (χ4v) is 4.68. The van der Waals surface area contributed by atoms with E-state index >= 15 is 0 Å². The third-order valence-electron chi connectivity index (χ3n) is 6.56. The Labute approximate surface area is 211 Å². The number of carbonyl (C=O) groups is 3. The summed E-state index contributed by atoms with van der Waals surface area (Å²) in [4.78, 5) is 44.5. The number of carbonyl (C=O) groups excluding carboxylic acids is 3. The van der Waals surface area contributed by atoms with Crippen LogP contribution in [-0.2, 0) is 20.9 Å². The van der Waals surface area contributed by atoms with Crippen molar-refractivity contribution >= 4 is 35.0 Å². The van der Waals surface area contributed by atoms with Crippen LogP contribution in [-0.4, -0.2) is 84.3 Å². The molecule has 9 heteroatoms. The molecule has 0 aromatic heterocycles. The van der Waals surface area contributed by atoms with Crippen molar-refractivity contribution < 1.29 is 14.4 Å². The molecule has 2 fully saturated rings. The second-order valence-electron chi connectivity index (χ2n) is 9.15. The lowest BCUT2D eigenvalue weighted by Gasteiger charge is -2.38. The molecule has 0 unspecified atom stereocenters. The first-order valence-electron chi connectivity index (χ1n) is 12.0. The van der Waals surface area contributed by atoms with Gasteiger partial charge >= 0.3 is 0 Å². The Bertz CT molecular complexity index is 1060. The second-order valence-corrected chi connectivity index (χ2v) is 9.56. The van der Waals surface area contributed by atoms with E-state index in [0.717, 1.165) is 38.3 Å². The molecule has 3 amide bonds. The van der Waals surface area contributed by atoms with Gasteiger partial charge in [0.05, 0.1) is 13.0 Å². The topological polar surface area (TPSA) is 85.0 Å².